The molecule has 1 amide bonds. The summed E-state index contributed by atoms with van der Waals surface area (Å²) in [5, 5.41) is 10.9. The summed E-state index contributed by atoms with van der Waals surface area (Å²) in [6.07, 6.45) is 3.02. The van der Waals surface area contributed by atoms with Gasteiger partial charge in [0, 0.05) is 22.2 Å². The zero-order valence-corrected chi connectivity index (χ0v) is 20.1. The average molecular weight is 546 g/mol. The SMILES string of the molecule is CC1(C)Oc2cc(I)ccc2-c2n[nH]c(C(=O)N(c3ccccc3F)N3CCCCC3)c21. The number of fused-ring (bicyclic) bond motifs is 3. The quantitative estimate of drug-likeness (QED) is 0.442. The number of amides is 1. The Morgan fingerprint density at radius 3 is 2.69 bits per heavy atom. The van der Waals surface area contributed by atoms with E-state index in [2.05, 4.69) is 32.8 Å². The highest BCUT2D eigenvalue weighted by atomic mass is 127. The number of piperidine rings is 1. The van der Waals surface area contributed by atoms with Crippen molar-refractivity contribution >= 4 is 34.2 Å². The molecule has 0 atom stereocenters. The lowest BCUT2D eigenvalue weighted by Gasteiger charge is -2.38. The van der Waals surface area contributed by atoms with Crippen LogP contribution in [0.15, 0.2) is 42.5 Å². The van der Waals surface area contributed by atoms with Gasteiger partial charge >= 0.3 is 0 Å². The highest BCUT2D eigenvalue weighted by Gasteiger charge is 2.41. The number of rotatable bonds is 3. The van der Waals surface area contributed by atoms with E-state index in [0.29, 0.717) is 30.0 Å². The molecule has 2 aromatic carbocycles. The molecule has 0 radical (unpaired) electrons. The van der Waals surface area contributed by atoms with Gasteiger partial charge in [-0.3, -0.25) is 9.89 Å². The lowest BCUT2D eigenvalue weighted by Crippen LogP contribution is -2.50. The van der Waals surface area contributed by atoms with Gasteiger partial charge in [-0.05, 0) is 79.6 Å². The Morgan fingerprint density at radius 2 is 1.94 bits per heavy atom. The number of halogens is 2. The number of benzene rings is 2. The summed E-state index contributed by atoms with van der Waals surface area (Å²) in [7, 11) is 0. The van der Waals surface area contributed by atoms with Gasteiger partial charge in [-0.2, -0.15) is 5.10 Å². The number of aromatic amines is 1. The molecule has 0 bridgehead atoms. The summed E-state index contributed by atoms with van der Waals surface area (Å²) in [5.74, 6) is -0.0338. The van der Waals surface area contributed by atoms with E-state index in [9.17, 15) is 9.18 Å². The van der Waals surface area contributed by atoms with Crippen molar-refractivity contribution in [2.45, 2.75) is 38.7 Å². The summed E-state index contributed by atoms with van der Waals surface area (Å²) >= 11 is 2.25. The molecule has 32 heavy (non-hydrogen) atoms. The van der Waals surface area contributed by atoms with Crippen molar-refractivity contribution in [3.05, 3.63) is 63.1 Å². The van der Waals surface area contributed by atoms with E-state index in [1.807, 2.05) is 37.1 Å². The fourth-order valence-electron chi connectivity index (χ4n) is 4.58. The molecular weight excluding hydrogens is 522 g/mol. The number of anilines is 1. The second-order valence-electron chi connectivity index (χ2n) is 8.66. The summed E-state index contributed by atoms with van der Waals surface area (Å²) in [5.41, 5.74) is 2.01. The van der Waals surface area contributed by atoms with Crippen LogP contribution in [-0.4, -0.2) is 34.2 Å². The molecule has 2 aliphatic rings. The summed E-state index contributed by atoms with van der Waals surface area (Å²) in [6.45, 7) is 5.24. The number of nitrogens with one attached hydrogen (secondary N) is 1. The fourth-order valence-corrected chi connectivity index (χ4v) is 5.04. The lowest BCUT2D eigenvalue weighted by molar-refractivity contribution is 0.0830. The smallest absolute Gasteiger partial charge is 0.291 e. The topological polar surface area (TPSA) is 61.5 Å². The molecule has 0 unspecified atom stereocenters. The van der Waals surface area contributed by atoms with E-state index >= 15 is 0 Å². The number of carbonyl (C=O) groups excluding carboxylic acids is 1. The maximum absolute atomic E-state index is 14.9. The van der Waals surface area contributed by atoms with Crippen LogP contribution in [0.5, 0.6) is 5.75 Å². The number of aromatic nitrogens is 2. The Labute approximate surface area is 199 Å². The van der Waals surface area contributed by atoms with Gasteiger partial charge < -0.3 is 4.74 Å². The molecule has 3 heterocycles. The molecule has 2 aliphatic heterocycles. The van der Waals surface area contributed by atoms with Crippen LogP contribution in [0.25, 0.3) is 11.3 Å². The molecule has 1 saturated heterocycles. The molecule has 1 N–H and O–H groups in total. The number of hydrazine groups is 1. The Hall–Kier alpha value is -2.46. The summed E-state index contributed by atoms with van der Waals surface area (Å²) in [6, 6.07) is 12.3. The van der Waals surface area contributed by atoms with Crippen LogP contribution in [0.1, 0.15) is 49.2 Å². The average Bonchev–Trinajstić information content (AvgIpc) is 3.22. The first-order chi connectivity index (χ1) is 15.4. The van der Waals surface area contributed by atoms with Crippen molar-refractivity contribution in [3.63, 3.8) is 0 Å². The van der Waals surface area contributed by atoms with Crippen LogP contribution in [0, 0.1) is 9.39 Å². The van der Waals surface area contributed by atoms with Crippen molar-refractivity contribution in [1.82, 2.24) is 15.2 Å². The van der Waals surface area contributed by atoms with Crippen molar-refractivity contribution in [3.8, 4) is 17.0 Å². The molecule has 1 fully saturated rings. The number of para-hydroxylation sites is 1. The minimum absolute atomic E-state index is 0.243. The maximum atomic E-state index is 14.9. The Bertz CT molecular complexity index is 1190. The second-order valence-corrected chi connectivity index (χ2v) is 9.90. The normalized spacial score (nSPS) is 17.2. The van der Waals surface area contributed by atoms with Crippen molar-refractivity contribution in [1.29, 1.82) is 0 Å². The standard InChI is InChI=1S/C24H24FIN4O2/c1-24(2)20-21(16-11-10-15(26)14-19(16)32-24)27-28-22(20)23(31)30(29-12-6-3-7-13-29)18-9-5-4-8-17(18)25/h4-5,8-11,14H,3,6-7,12-13H2,1-2H3,(H,27,28). The Balaban J connectivity index is 1.63. The molecule has 5 rings (SSSR count). The third-order valence-electron chi connectivity index (χ3n) is 6.03. The zero-order valence-electron chi connectivity index (χ0n) is 18.0. The number of nitrogens with zero attached hydrogens (tertiary/aromatic N) is 3. The number of hydrogen-bond acceptors (Lipinski definition) is 4. The number of H-pyrrole nitrogens is 1. The van der Waals surface area contributed by atoms with E-state index in [0.717, 1.165) is 34.1 Å². The van der Waals surface area contributed by atoms with Crippen LogP contribution in [-0.2, 0) is 5.60 Å². The fraction of sp³-hybridized carbons (Fsp3) is 0.333. The Kier molecular flexibility index (Phi) is 5.45. The number of hydrogen-bond donors (Lipinski definition) is 1. The summed E-state index contributed by atoms with van der Waals surface area (Å²) < 4.78 is 22.2. The van der Waals surface area contributed by atoms with Crippen molar-refractivity contribution < 1.29 is 13.9 Å². The van der Waals surface area contributed by atoms with Gasteiger partial charge in [-0.1, -0.05) is 18.6 Å². The third kappa shape index (κ3) is 3.59. The van der Waals surface area contributed by atoms with Gasteiger partial charge in [0.15, 0.2) is 0 Å². The first-order valence-corrected chi connectivity index (χ1v) is 11.9. The third-order valence-corrected chi connectivity index (χ3v) is 6.71. The van der Waals surface area contributed by atoms with Gasteiger partial charge in [0.1, 0.15) is 28.6 Å². The second kappa shape index (κ2) is 8.15. The molecular formula is C24H24FIN4O2. The van der Waals surface area contributed by atoms with E-state index in [1.54, 1.807) is 18.2 Å². The largest absolute Gasteiger partial charge is 0.482 e. The van der Waals surface area contributed by atoms with Crippen molar-refractivity contribution in [2.75, 3.05) is 18.1 Å². The van der Waals surface area contributed by atoms with E-state index in [1.165, 1.54) is 11.1 Å². The molecule has 0 spiro atoms. The monoisotopic (exact) mass is 546 g/mol. The van der Waals surface area contributed by atoms with Gasteiger partial charge in [-0.15, -0.1) is 0 Å². The van der Waals surface area contributed by atoms with Gasteiger partial charge in [0.2, 0.25) is 0 Å². The molecule has 3 aromatic rings. The lowest BCUT2D eigenvalue weighted by atomic mass is 9.89. The predicted octanol–water partition coefficient (Wildman–Crippen LogP) is 5.50. The number of carbonyl (C=O) groups is 1. The molecule has 0 aliphatic carbocycles. The van der Waals surface area contributed by atoms with Crippen LogP contribution in [0.4, 0.5) is 10.1 Å². The highest BCUT2D eigenvalue weighted by molar-refractivity contribution is 14.1. The van der Waals surface area contributed by atoms with Gasteiger partial charge in [0.25, 0.3) is 5.91 Å². The predicted molar refractivity (Wildman–Crippen MR) is 129 cm³/mol. The minimum atomic E-state index is -0.784. The molecule has 6 nitrogen and oxygen atoms in total. The maximum Gasteiger partial charge on any atom is 0.291 e. The number of ether oxygens (including phenoxy) is 1. The first kappa shape index (κ1) is 21.4. The van der Waals surface area contributed by atoms with Crippen LogP contribution in [0.3, 0.4) is 0 Å². The molecule has 166 valence electrons. The van der Waals surface area contributed by atoms with Crippen LogP contribution >= 0.6 is 22.6 Å². The summed E-state index contributed by atoms with van der Waals surface area (Å²) in [4.78, 5) is 14.0. The van der Waals surface area contributed by atoms with Crippen LogP contribution in [0.2, 0.25) is 0 Å². The molecule has 0 saturated carbocycles. The van der Waals surface area contributed by atoms with Gasteiger partial charge in [0.05, 0.1) is 11.3 Å². The van der Waals surface area contributed by atoms with Crippen molar-refractivity contribution in [2.24, 2.45) is 0 Å². The van der Waals surface area contributed by atoms with Crippen LogP contribution < -0.4 is 9.75 Å². The van der Waals surface area contributed by atoms with E-state index in [4.69, 9.17) is 4.74 Å². The minimum Gasteiger partial charge on any atom is -0.482 e. The Morgan fingerprint density at radius 1 is 1.19 bits per heavy atom. The first-order valence-electron chi connectivity index (χ1n) is 10.8. The molecule has 1 aromatic heterocycles. The zero-order chi connectivity index (χ0) is 22.5. The van der Waals surface area contributed by atoms with E-state index in [-0.39, 0.29) is 11.6 Å². The van der Waals surface area contributed by atoms with E-state index < -0.39 is 11.4 Å². The molecule has 8 heteroatoms. The van der Waals surface area contributed by atoms with Gasteiger partial charge in [-0.25, -0.2) is 14.4 Å². The highest BCUT2D eigenvalue weighted by Crippen LogP contribution is 2.46.